The Morgan fingerprint density at radius 2 is 1.82 bits per heavy atom. The standard InChI is InChI=1S/C41H51N3O10S/c1-9-25(26-15-28(49-7)27(46)14-22(26)10-11-42)40(48)51-17-41(5)31-30(36(54-21(4)45)20(3)37-38(31)53-18-52-37)39(55)33-32-29-23(12-19(2)35(50-8)34(29)47)13-24(43(32)6)16-44(33)41/h12,14-15,24-25,32-33,39,46-47,55H,9-11,13,16-18,42H2,1-8H3/t24-,25-,32+,33?,39?,41-/m0/s1. The van der Waals surface area contributed by atoms with E-state index in [1.165, 1.54) is 14.0 Å². The molecule has 14 heteroatoms. The number of nitrogens with two attached hydrogens (primary N) is 1. The van der Waals surface area contributed by atoms with Crippen LogP contribution >= 0.6 is 12.6 Å². The number of esters is 2. The van der Waals surface area contributed by atoms with Crippen LogP contribution in [-0.2, 0) is 32.7 Å². The van der Waals surface area contributed by atoms with Crippen LogP contribution in [0.15, 0.2) is 18.2 Å². The molecule has 55 heavy (non-hydrogen) atoms. The quantitative estimate of drug-likeness (QED) is 0.122. The van der Waals surface area contributed by atoms with Crippen LogP contribution in [0.3, 0.4) is 0 Å². The third-order valence-electron chi connectivity index (χ3n) is 12.1. The largest absolute Gasteiger partial charge is 0.504 e. The number of carbonyl (C=O) groups is 2. The zero-order chi connectivity index (χ0) is 39.7. The number of phenolic OH excluding ortho intramolecular Hbond substituents is 2. The fourth-order valence-corrected chi connectivity index (χ4v) is 10.2. The van der Waals surface area contributed by atoms with E-state index in [1.807, 2.05) is 27.7 Å². The lowest BCUT2D eigenvalue weighted by molar-refractivity contribution is -0.156. The lowest BCUT2D eigenvalue weighted by Crippen LogP contribution is -2.69. The number of aryl methyl sites for hydroxylation is 1. The van der Waals surface area contributed by atoms with Gasteiger partial charge in [0.15, 0.2) is 34.5 Å². The van der Waals surface area contributed by atoms with Gasteiger partial charge in [0.1, 0.15) is 12.4 Å². The number of carbonyl (C=O) groups excluding carboxylic acids is 2. The van der Waals surface area contributed by atoms with Crippen LogP contribution in [0.2, 0.25) is 0 Å². The molecule has 1 fully saturated rings. The maximum absolute atomic E-state index is 14.4. The van der Waals surface area contributed by atoms with Crippen LogP contribution in [-0.4, -0.2) is 91.8 Å². The van der Waals surface area contributed by atoms with Gasteiger partial charge in [-0.2, -0.15) is 12.6 Å². The van der Waals surface area contributed by atoms with E-state index in [4.69, 9.17) is 46.8 Å². The van der Waals surface area contributed by atoms with Gasteiger partial charge in [-0.3, -0.25) is 19.4 Å². The molecule has 6 atom stereocenters. The highest BCUT2D eigenvalue weighted by Gasteiger charge is 2.60. The molecule has 2 bridgehead atoms. The van der Waals surface area contributed by atoms with Crippen molar-refractivity contribution >= 4 is 24.6 Å². The summed E-state index contributed by atoms with van der Waals surface area (Å²) in [5.74, 6) is 0.321. The van der Waals surface area contributed by atoms with E-state index in [-0.39, 0.29) is 42.7 Å². The van der Waals surface area contributed by atoms with E-state index >= 15 is 0 Å². The molecule has 0 saturated carbocycles. The Balaban J connectivity index is 1.40. The molecule has 7 rings (SSSR count). The number of hydrogen-bond donors (Lipinski definition) is 4. The lowest BCUT2D eigenvalue weighted by Gasteiger charge is -2.62. The smallest absolute Gasteiger partial charge is 0.313 e. The molecule has 1 saturated heterocycles. The van der Waals surface area contributed by atoms with Crippen molar-refractivity contribution in [2.75, 3.05) is 47.8 Å². The topological polar surface area (TPSA) is 162 Å². The molecule has 0 aromatic heterocycles. The molecular weight excluding hydrogens is 727 g/mol. The Hall–Kier alpha value is -4.37. The number of hydrogen-bond acceptors (Lipinski definition) is 14. The van der Waals surface area contributed by atoms with Crippen LogP contribution in [0.1, 0.15) is 88.9 Å². The minimum Gasteiger partial charge on any atom is -0.504 e. The third-order valence-corrected chi connectivity index (χ3v) is 12.7. The van der Waals surface area contributed by atoms with Crippen LogP contribution in [0.25, 0.3) is 0 Å². The number of ether oxygens (including phenoxy) is 6. The number of benzene rings is 3. The van der Waals surface area contributed by atoms with Gasteiger partial charge in [-0.05, 0) is 88.0 Å². The number of thiol groups is 1. The summed E-state index contributed by atoms with van der Waals surface area (Å²) in [6.07, 6.45) is 1.52. The monoisotopic (exact) mass is 777 g/mol. The highest BCUT2D eigenvalue weighted by molar-refractivity contribution is 7.80. The zero-order valence-corrected chi connectivity index (χ0v) is 33.5. The first kappa shape index (κ1) is 38.9. The molecule has 4 heterocycles. The van der Waals surface area contributed by atoms with Gasteiger partial charge in [-0.15, -0.1) is 0 Å². The third kappa shape index (κ3) is 6.03. The highest BCUT2D eigenvalue weighted by Crippen LogP contribution is 2.63. The van der Waals surface area contributed by atoms with E-state index in [0.29, 0.717) is 77.6 Å². The van der Waals surface area contributed by atoms with Crippen LogP contribution in [0, 0.1) is 13.8 Å². The normalized spacial score (nSPS) is 24.3. The van der Waals surface area contributed by atoms with Gasteiger partial charge in [0.05, 0.1) is 31.7 Å². The molecule has 0 radical (unpaired) electrons. The van der Waals surface area contributed by atoms with E-state index in [1.54, 1.807) is 19.2 Å². The molecule has 13 nitrogen and oxygen atoms in total. The van der Waals surface area contributed by atoms with Crippen molar-refractivity contribution in [1.82, 2.24) is 9.80 Å². The molecule has 0 aliphatic carbocycles. The van der Waals surface area contributed by atoms with Crippen molar-refractivity contribution in [3.63, 3.8) is 0 Å². The zero-order valence-electron chi connectivity index (χ0n) is 32.6. The number of methoxy groups -OCH3 is 2. The van der Waals surface area contributed by atoms with Crippen molar-refractivity contribution in [3.05, 3.63) is 62.7 Å². The van der Waals surface area contributed by atoms with Gasteiger partial charge in [0.2, 0.25) is 6.79 Å². The number of nitrogens with zero attached hydrogens (tertiary/aromatic N) is 2. The van der Waals surface area contributed by atoms with Crippen molar-refractivity contribution in [1.29, 1.82) is 0 Å². The van der Waals surface area contributed by atoms with Gasteiger partial charge in [0.25, 0.3) is 0 Å². The van der Waals surface area contributed by atoms with E-state index < -0.39 is 34.7 Å². The molecule has 0 amide bonds. The Kier molecular flexibility index (Phi) is 10.3. The SMILES string of the molecule is CC[C@H](C(=O)OC[C@@]1(C)c2c3c(c(C)c(OC(C)=O)c2C(S)C2[C@H]4c5c(cc(C)c(OC)c5O)C[C@@H](CN21)N4C)OCO3)c1cc(OC)c(O)cc1CCN. The number of piperazine rings is 1. The fraction of sp³-hybridized carbons (Fsp3) is 0.512. The van der Waals surface area contributed by atoms with Gasteiger partial charge in [-0.25, -0.2) is 0 Å². The minimum atomic E-state index is -1.07. The second-order valence-electron chi connectivity index (χ2n) is 15.2. The van der Waals surface area contributed by atoms with Crippen molar-refractivity contribution < 1.29 is 48.2 Å². The van der Waals surface area contributed by atoms with E-state index in [2.05, 4.69) is 22.9 Å². The molecule has 0 spiro atoms. The van der Waals surface area contributed by atoms with Crippen molar-refractivity contribution in [2.24, 2.45) is 5.73 Å². The fourth-order valence-electron chi connectivity index (χ4n) is 9.61. The first-order valence-corrected chi connectivity index (χ1v) is 19.2. The van der Waals surface area contributed by atoms with Crippen LogP contribution < -0.4 is 29.4 Å². The Bertz CT molecular complexity index is 2060. The summed E-state index contributed by atoms with van der Waals surface area (Å²) < 4.78 is 35.9. The number of rotatable bonds is 10. The van der Waals surface area contributed by atoms with Gasteiger partial charge in [0, 0.05) is 53.1 Å². The molecule has 296 valence electrons. The lowest BCUT2D eigenvalue weighted by atomic mass is 9.70. The predicted molar refractivity (Wildman–Crippen MR) is 207 cm³/mol. The molecule has 3 aromatic carbocycles. The molecule has 3 aromatic rings. The summed E-state index contributed by atoms with van der Waals surface area (Å²) in [4.78, 5) is 31.8. The van der Waals surface area contributed by atoms with Crippen LogP contribution in [0.5, 0.6) is 40.2 Å². The average molecular weight is 778 g/mol. The maximum atomic E-state index is 14.4. The van der Waals surface area contributed by atoms with Gasteiger partial charge >= 0.3 is 11.9 Å². The first-order valence-electron chi connectivity index (χ1n) is 18.7. The molecule has 4 aliphatic heterocycles. The molecular formula is C41H51N3O10S. The van der Waals surface area contributed by atoms with E-state index in [9.17, 15) is 19.8 Å². The highest BCUT2D eigenvalue weighted by atomic mass is 32.1. The molecule has 4 aliphatic rings. The predicted octanol–water partition coefficient (Wildman–Crippen LogP) is 5.11. The number of likely N-dealkylation sites (N-methyl/N-ethyl adjacent to an activating group) is 1. The Labute approximate surface area is 327 Å². The molecule has 2 unspecified atom stereocenters. The van der Waals surface area contributed by atoms with Gasteiger partial charge < -0.3 is 44.4 Å². The summed E-state index contributed by atoms with van der Waals surface area (Å²) in [6, 6.07) is 4.59. The maximum Gasteiger partial charge on any atom is 0.313 e. The summed E-state index contributed by atoms with van der Waals surface area (Å²) in [5, 5.41) is 21.9. The van der Waals surface area contributed by atoms with Crippen molar-refractivity contribution in [2.45, 2.75) is 88.7 Å². The van der Waals surface area contributed by atoms with Gasteiger partial charge in [-0.1, -0.05) is 13.0 Å². The average Bonchev–Trinajstić information content (AvgIpc) is 3.62. The second kappa shape index (κ2) is 14.6. The minimum absolute atomic E-state index is 0.0216. The first-order chi connectivity index (χ1) is 26.2. The summed E-state index contributed by atoms with van der Waals surface area (Å²) in [7, 11) is 5.07. The van der Waals surface area contributed by atoms with E-state index in [0.717, 1.165) is 22.3 Å². The van der Waals surface area contributed by atoms with Crippen LogP contribution in [0.4, 0.5) is 0 Å². The van der Waals surface area contributed by atoms with Crippen molar-refractivity contribution in [3.8, 4) is 40.2 Å². The number of phenols is 2. The summed E-state index contributed by atoms with van der Waals surface area (Å²) >= 11 is 5.37. The molecule has 4 N–H and O–H groups in total. The Morgan fingerprint density at radius 1 is 1.09 bits per heavy atom. The number of fused-ring (bicyclic) bond motifs is 9. The summed E-state index contributed by atoms with van der Waals surface area (Å²) in [5.41, 5.74) is 10.8. The number of aromatic hydroxyl groups is 2. The Morgan fingerprint density at radius 3 is 2.47 bits per heavy atom. The second-order valence-corrected chi connectivity index (χ2v) is 15.8. The summed E-state index contributed by atoms with van der Waals surface area (Å²) in [6.45, 7) is 9.76.